The number of hydrogen-bond donors (Lipinski definition) is 4. The molecule has 4 atom stereocenters. The number of nitrogens with two attached hydrogens (primary N) is 1. The molecule has 2 rings (SSSR count). The highest BCUT2D eigenvalue weighted by Gasteiger charge is 2.54. The molecular weight excluding hydrogens is 266 g/mol. The first kappa shape index (κ1) is 13.5. The Labute approximate surface area is 116 Å². The molecule has 1 aromatic rings. The molecule has 112 valence electrons. The summed E-state index contributed by atoms with van der Waals surface area (Å²) in [5.41, 5.74) is 3.69. The molecule has 20 heavy (non-hydrogen) atoms. The summed E-state index contributed by atoms with van der Waals surface area (Å²) in [6, 6.07) is 1.44. The number of nitrogens with zero attached hydrogens (tertiary/aromatic N) is 2. The molecule has 0 saturated carbocycles. The summed E-state index contributed by atoms with van der Waals surface area (Å²) in [7, 11) is 0. The van der Waals surface area contributed by atoms with Crippen LogP contribution < -0.4 is 11.4 Å². The van der Waals surface area contributed by atoms with E-state index >= 15 is 0 Å². The summed E-state index contributed by atoms with van der Waals surface area (Å²) >= 11 is 0. The summed E-state index contributed by atoms with van der Waals surface area (Å²) in [6.07, 6.45) is -4.01. The van der Waals surface area contributed by atoms with E-state index < -0.39 is 36.3 Å². The third kappa shape index (κ3) is 2.10. The minimum Gasteiger partial charge on any atom is -0.393 e. The van der Waals surface area contributed by atoms with Crippen LogP contribution in [0.3, 0.4) is 0 Å². The molecule has 1 aliphatic rings. The molecule has 0 aliphatic carbocycles. The lowest BCUT2D eigenvalue weighted by Crippen LogP contribution is -2.45. The van der Waals surface area contributed by atoms with Gasteiger partial charge in [0.1, 0.15) is 23.6 Å². The van der Waals surface area contributed by atoms with E-state index in [0.717, 1.165) is 4.57 Å². The Morgan fingerprint density at radius 2 is 2.35 bits per heavy atom. The molecule has 2 heterocycles. The molecule has 1 unspecified atom stereocenters. The van der Waals surface area contributed by atoms with Crippen LogP contribution in [0.4, 0.5) is 5.82 Å². The number of ether oxygens (including phenoxy) is 1. The first-order chi connectivity index (χ1) is 9.86. The van der Waals surface area contributed by atoms with Gasteiger partial charge in [0.05, 0.1) is 6.61 Å². The SMILES string of the molecule is [2H]CC[C@]1(CO)OC(n2c(C)cc(N)nc2=O)[C@H](O)[C@@H]1O. The zero-order valence-electron chi connectivity index (χ0n) is 12.1. The summed E-state index contributed by atoms with van der Waals surface area (Å²) in [4.78, 5) is 15.5. The molecule has 0 aromatic carbocycles. The van der Waals surface area contributed by atoms with Crippen LogP contribution in [0, 0.1) is 6.92 Å². The van der Waals surface area contributed by atoms with Gasteiger partial charge in [0.15, 0.2) is 6.23 Å². The second-order valence-electron chi connectivity index (χ2n) is 4.89. The van der Waals surface area contributed by atoms with Crippen LogP contribution >= 0.6 is 0 Å². The summed E-state index contributed by atoms with van der Waals surface area (Å²) in [5.74, 6) is 0.0429. The van der Waals surface area contributed by atoms with Gasteiger partial charge in [-0.25, -0.2) is 4.79 Å². The third-order valence-electron chi connectivity index (χ3n) is 3.62. The minimum absolute atomic E-state index is 0.0222. The summed E-state index contributed by atoms with van der Waals surface area (Å²) < 4.78 is 13.9. The van der Waals surface area contributed by atoms with Crippen molar-refractivity contribution in [2.45, 2.75) is 44.3 Å². The Balaban J connectivity index is 2.45. The van der Waals surface area contributed by atoms with Crippen LogP contribution in [0.15, 0.2) is 10.9 Å². The summed E-state index contributed by atoms with van der Waals surface area (Å²) in [5, 5.41) is 29.8. The fourth-order valence-electron chi connectivity index (χ4n) is 2.41. The van der Waals surface area contributed by atoms with Crippen molar-refractivity contribution in [2.24, 2.45) is 0 Å². The second kappa shape index (κ2) is 5.13. The van der Waals surface area contributed by atoms with Crippen LogP contribution in [0.1, 0.15) is 26.6 Å². The van der Waals surface area contributed by atoms with E-state index in [9.17, 15) is 20.1 Å². The van der Waals surface area contributed by atoms with Crippen molar-refractivity contribution in [2.75, 3.05) is 12.3 Å². The maximum Gasteiger partial charge on any atom is 0.351 e. The number of aryl methyl sites for hydroxylation is 1. The fraction of sp³-hybridized carbons (Fsp3) is 0.667. The van der Waals surface area contributed by atoms with E-state index in [0.29, 0.717) is 5.69 Å². The van der Waals surface area contributed by atoms with E-state index in [4.69, 9.17) is 11.8 Å². The maximum absolute atomic E-state index is 12.0. The van der Waals surface area contributed by atoms with Gasteiger partial charge < -0.3 is 25.8 Å². The van der Waals surface area contributed by atoms with Gasteiger partial charge in [-0.2, -0.15) is 4.98 Å². The molecule has 8 heteroatoms. The lowest BCUT2D eigenvalue weighted by atomic mass is 9.93. The van der Waals surface area contributed by atoms with E-state index in [1.54, 1.807) is 6.92 Å². The van der Waals surface area contributed by atoms with Gasteiger partial charge in [-0.1, -0.05) is 6.90 Å². The first-order valence-electron chi connectivity index (χ1n) is 6.86. The summed E-state index contributed by atoms with van der Waals surface area (Å²) in [6.45, 7) is 0.910. The van der Waals surface area contributed by atoms with Crippen molar-refractivity contribution in [3.8, 4) is 0 Å². The van der Waals surface area contributed by atoms with Gasteiger partial charge in [-0.15, -0.1) is 0 Å². The van der Waals surface area contributed by atoms with E-state index in [1.165, 1.54) is 6.07 Å². The van der Waals surface area contributed by atoms with E-state index in [1.807, 2.05) is 0 Å². The van der Waals surface area contributed by atoms with Gasteiger partial charge in [0.25, 0.3) is 0 Å². The quantitative estimate of drug-likeness (QED) is 0.533. The minimum atomic E-state index is -1.47. The van der Waals surface area contributed by atoms with Crippen LogP contribution in [0.2, 0.25) is 0 Å². The monoisotopic (exact) mass is 286 g/mol. The van der Waals surface area contributed by atoms with E-state index in [-0.39, 0.29) is 19.1 Å². The Hall–Kier alpha value is -1.48. The van der Waals surface area contributed by atoms with Gasteiger partial charge in [0, 0.05) is 7.06 Å². The molecule has 0 amide bonds. The number of rotatable bonds is 3. The fourth-order valence-corrected chi connectivity index (χ4v) is 2.41. The van der Waals surface area contributed by atoms with Gasteiger partial charge in [0.2, 0.25) is 0 Å². The van der Waals surface area contributed by atoms with Crippen LogP contribution in [0.25, 0.3) is 0 Å². The Morgan fingerprint density at radius 1 is 1.65 bits per heavy atom. The highest BCUT2D eigenvalue weighted by atomic mass is 16.6. The van der Waals surface area contributed by atoms with Gasteiger partial charge in [-0.05, 0) is 19.4 Å². The lowest BCUT2D eigenvalue weighted by Gasteiger charge is -2.28. The van der Waals surface area contributed by atoms with Crippen LogP contribution in [-0.4, -0.2) is 49.3 Å². The number of aliphatic hydroxyl groups is 3. The van der Waals surface area contributed by atoms with Crippen LogP contribution in [-0.2, 0) is 4.74 Å². The molecule has 8 nitrogen and oxygen atoms in total. The van der Waals surface area contributed by atoms with Crippen molar-refractivity contribution in [3.63, 3.8) is 0 Å². The number of aliphatic hydroxyl groups excluding tert-OH is 3. The van der Waals surface area contributed by atoms with Crippen molar-refractivity contribution in [1.82, 2.24) is 9.55 Å². The Kier molecular flexibility index (Phi) is 3.47. The number of anilines is 1. The average molecular weight is 286 g/mol. The molecule has 1 saturated heterocycles. The molecule has 1 aliphatic heterocycles. The zero-order valence-corrected chi connectivity index (χ0v) is 11.1. The third-order valence-corrected chi connectivity index (χ3v) is 3.62. The number of hydrogen-bond acceptors (Lipinski definition) is 7. The smallest absolute Gasteiger partial charge is 0.351 e. The molecule has 1 fully saturated rings. The van der Waals surface area contributed by atoms with Crippen molar-refractivity contribution in [1.29, 1.82) is 0 Å². The molecular formula is C12H19N3O5. The normalized spacial score (nSPS) is 34.2. The molecule has 1 aromatic heterocycles. The topological polar surface area (TPSA) is 131 Å². The molecule has 0 bridgehead atoms. The lowest BCUT2D eigenvalue weighted by molar-refractivity contribution is -0.131. The predicted molar refractivity (Wildman–Crippen MR) is 69.9 cm³/mol. The van der Waals surface area contributed by atoms with Gasteiger partial charge in [-0.3, -0.25) is 4.57 Å². The largest absolute Gasteiger partial charge is 0.393 e. The first-order valence-corrected chi connectivity index (χ1v) is 6.16. The van der Waals surface area contributed by atoms with E-state index in [2.05, 4.69) is 4.98 Å². The standard InChI is InChI=1S/C12H19N3O5/c1-3-12(5-16)9(18)8(17)10(20-12)15-6(2)4-7(13)14-11(15)19/h4,8-10,16-18H,3,5H2,1-2H3,(H2,13,14,19)/t8-,9+,10?,12-/m1/s1/i1D. The zero-order chi connectivity index (χ0) is 15.8. The highest BCUT2D eigenvalue weighted by molar-refractivity contribution is 5.28. The van der Waals surface area contributed by atoms with Gasteiger partial charge >= 0.3 is 5.69 Å². The molecule has 0 spiro atoms. The second-order valence-corrected chi connectivity index (χ2v) is 4.89. The number of aromatic nitrogens is 2. The molecule has 5 N–H and O–H groups in total. The Bertz CT molecular complexity index is 581. The van der Waals surface area contributed by atoms with Crippen molar-refractivity contribution < 1.29 is 21.4 Å². The Morgan fingerprint density at radius 3 is 2.90 bits per heavy atom. The van der Waals surface area contributed by atoms with Crippen molar-refractivity contribution in [3.05, 3.63) is 22.2 Å². The molecule has 0 radical (unpaired) electrons. The van der Waals surface area contributed by atoms with Crippen molar-refractivity contribution >= 4 is 5.82 Å². The van der Waals surface area contributed by atoms with Crippen LogP contribution in [0.5, 0.6) is 0 Å². The maximum atomic E-state index is 12.0. The highest BCUT2D eigenvalue weighted by Crippen LogP contribution is 2.38. The number of nitrogen functional groups attached to an aromatic ring is 1. The predicted octanol–water partition coefficient (Wildman–Crippen LogP) is -1.47. The average Bonchev–Trinajstić information content (AvgIpc) is 2.64.